The predicted octanol–water partition coefficient (Wildman–Crippen LogP) is 2.08. The van der Waals surface area contributed by atoms with Gasteiger partial charge < -0.3 is 15.4 Å². The third-order valence-corrected chi connectivity index (χ3v) is 7.36. The monoisotopic (exact) mass is 513 g/mol. The maximum atomic E-state index is 11.2. The summed E-state index contributed by atoms with van der Waals surface area (Å²) in [7, 11) is 0. The average molecular weight is 514 g/mol. The molecule has 0 saturated carbocycles. The van der Waals surface area contributed by atoms with Crippen LogP contribution in [0.4, 0.5) is 5.69 Å². The summed E-state index contributed by atoms with van der Waals surface area (Å²) in [5.41, 5.74) is 11.0. The van der Waals surface area contributed by atoms with Crippen LogP contribution in [-0.2, 0) is 11.3 Å². The minimum absolute atomic E-state index is 0.0446. The standard InChI is InChI=1S/C27H31N9O2/c1-16-25(17(2)36-27(29-16)30-18(3)33-36)38-23-10-11-35(15-23)22-7-4-19(5-8-22)24-9-6-21(31-32-24)14-34-12-20(13-34)26(28)37/h4-9,20,23H,10-15H2,1-3H3,(H2,28,37)/t23-/m1/s1. The van der Waals surface area contributed by atoms with E-state index in [4.69, 9.17) is 10.5 Å². The Labute approximate surface area is 220 Å². The first-order chi connectivity index (χ1) is 18.3. The van der Waals surface area contributed by atoms with Crippen molar-refractivity contribution in [3.63, 3.8) is 0 Å². The van der Waals surface area contributed by atoms with E-state index in [9.17, 15) is 4.79 Å². The molecule has 0 unspecified atom stereocenters. The molecule has 0 aliphatic carbocycles. The molecule has 2 N–H and O–H groups in total. The van der Waals surface area contributed by atoms with E-state index in [-0.39, 0.29) is 17.9 Å². The number of likely N-dealkylation sites (tertiary alicyclic amines) is 1. The topological polar surface area (TPSA) is 128 Å². The molecular weight excluding hydrogens is 482 g/mol. The van der Waals surface area contributed by atoms with Gasteiger partial charge in [-0.3, -0.25) is 9.69 Å². The highest BCUT2D eigenvalue weighted by molar-refractivity contribution is 5.78. The van der Waals surface area contributed by atoms with E-state index in [0.717, 1.165) is 59.3 Å². The van der Waals surface area contributed by atoms with E-state index in [1.54, 1.807) is 4.52 Å². The number of aromatic nitrogens is 6. The maximum absolute atomic E-state index is 11.2. The van der Waals surface area contributed by atoms with Gasteiger partial charge in [-0.05, 0) is 45.0 Å². The number of aryl methyl sites for hydroxylation is 3. The Morgan fingerprint density at radius 1 is 1.03 bits per heavy atom. The van der Waals surface area contributed by atoms with Gasteiger partial charge in [-0.1, -0.05) is 12.1 Å². The van der Waals surface area contributed by atoms with E-state index < -0.39 is 0 Å². The zero-order valence-corrected chi connectivity index (χ0v) is 21.8. The van der Waals surface area contributed by atoms with Gasteiger partial charge in [-0.15, -0.1) is 5.10 Å². The van der Waals surface area contributed by atoms with E-state index >= 15 is 0 Å². The lowest BCUT2D eigenvalue weighted by molar-refractivity contribution is -0.127. The van der Waals surface area contributed by atoms with Crippen molar-refractivity contribution in [3.05, 3.63) is 59.3 Å². The molecule has 11 nitrogen and oxygen atoms in total. The fourth-order valence-corrected chi connectivity index (χ4v) is 5.21. The van der Waals surface area contributed by atoms with Crippen LogP contribution in [-0.4, -0.2) is 72.9 Å². The SMILES string of the molecule is Cc1nc2nc(C)c(O[C@@H]3CCN(c4ccc(-c5ccc(CN6CC(C(N)=O)C6)nn5)cc4)C3)c(C)n2n1. The fraction of sp³-hybridized carbons (Fsp3) is 0.407. The van der Waals surface area contributed by atoms with Gasteiger partial charge in [0.05, 0.1) is 35.2 Å². The van der Waals surface area contributed by atoms with Gasteiger partial charge >= 0.3 is 0 Å². The number of ether oxygens (including phenoxy) is 1. The van der Waals surface area contributed by atoms with Gasteiger partial charge in [0.2, 0.25) is 5.91 Å². The number of fused-ring (bicyclic) bond motifs is 1. The molecule has 0 spiro atoms. The average Bonchev–Trinajstić information content (AvgIpc) is 3.50. The number of rotatable bonds is 7. The summed E-state index contributed by atoms with van der Waals surface area (Å²) in [4.78, 5) is 24.6. The predicted molar refractivity (Wildman–Crippen MR) is 142 cm³/mol. The van der Waals surface area contributed by atoms with Gasteiger partial charge in [0.15, 0.2) is 5.75 Å². The molecule has 6 rings (SSSR count). The third-order valence-electron chi connectivity index (χ3n) is 7.36. The number of hydrogen-bond donors (Lipinski definition) is 1. The number of carbonyl (C=O) groups is 1. The van der Waals surface area contributed by atoms with Gasteiger partial charge in [0, 0.05) is 43.9 Å². The van der Waals surface area contributed by atoms with Crippen LogP contribution in [0.3, 0.4) is 0 Å². The van der Waals surface area contributed by atoms with Crippen molar-refractivity contribution in [3.8, 4) is 17.0 Å². The largest absolute Gasteiger partial charge is 0.485 e. The van der Waals surface area contributed by atoms with E-state index in [0.29, 0.717) is 31.2 Å². The van der Waals surface area contributed by atoms with E-state index in [1.165, 1.54) is 0 Å². The second kappa shape index (κ2) is 9.64. The molecule has 4 aromatic rings. The third kappa shape index (κ3) is 4.65. The van der Waals surface area contributed by atoms with Crippen molar-refractivity contribution < 1.29 is 9.53 Å². The summed E-state index contributed by atoms with van der Waals surface area (Å²) in [5, 5.41) is 13.2. The van der Waals surface area contributed by atoms with Crippen LogP contribution in [0, 0.1) is 26.7 Å². The van der Waals surface area contributed by atoms with Crippen molar-refractivity contribution in [2.45, 2.75) is 39.8 Å². The molecule has 11 heteroatoms. The zero-order chi connectivity index (χ0) is 26.4. The molecule has 1 aromatic carbocycles. The van der Waals surface area contributed by atoms with Crippen molar-refractivity contribution in [1.82, 2.24) is 34.7 Å². The highest BCUT2D eigenvalue weighted by Gasteiger charge is 2.31. The molecule has 196 valence electrons. The lowest BCUT2D eigenvalue weighted by atomic mass is 9.99. The number of carbonyl (C=O) groups excluding carboxylic acids is 1. The van der Waals surface area contributed by atoms with Crippen LogP contribution in [0.5, 0.6) is 5.75 Å². The highest BCUT2D eigenvalue weighted by atomic mass is 16.5. The van der Waals surface area contributed by atoms with Crippen LogP contribution in [0.25, 0.3) is 17.0 Å². The van der Waals surface area contributed by atoms with Crippen molar-refractivity contribution in [1.29, 1.82) is 0 Å². The van der Waals surface area contributed by atoms with Gasteiger partial charge in [-0.25, -0.2) is 4.98 Å². The number of nitrogens with zero attached hydrogens (tertiary/aromatic N) is 8. The number of benzene rings is 1. The Bertz CT molecular complexity index is 1480. The molecular formula is C27H31N9O2. The fourth-order valence-electron chi connectivity index (χ4n) is 5.21. The molecule has 38 heavy (non-hydrogen) atoms. The maximum Gasteiger partial charge on any atom is 0.253 e. The molecule has 5 heterocycles. The summed E-state index contributed by atoms with van der Waals surface area (Å²) in [6.45, 7) is 9.59. The molecule has 1 atom stereocenters. The summed E-state index contributed by atoms with van der Waals surface area (Å²) in [6, 6.07) is 12.4. The molecule has 2 fully saturated rings. The normalized spacial score (nSPS) is 18.2. The first-order valence-corrected chi connectivity index (χ1v) is 12.9. The van der Waals surface area contributed by atoms with Gasteiger partial charge in [0.25, 0.3) is 5.78 Å². The molecule has 0 bridgehead atoms. The Morgan fingerprint density at radius 3 is 2.53 bits per heavy atom. The molecule has 2 saturated heterocycles. The van der Waals surface area contributed by atoms with Crippen LogP contribution in [0.15, 0.2) is 36.4 Å². The Balaban J connectivity index is 1.07. The van der Waals surface area contributed by atoms with Gasteiger partial charge in [0.1, 0.15) is 11.9 Å². The lowest BCUT2D eigenvalue weighted by Gasteiger charge is -2.36. The van der Waals surface area contributed by atoms with Crippen LogP contribution in [0.1, 0.15) is 29.3 Å². The van der Waals surface area contributed by atoms with E-state index in [1.807, 2.05) is 32.9 Å². The van der Waals surface area contributed by atoms with Crippen molar-refractivity contribution in [2.75, 3.05) is 31.1 Å². The molecule has 3 aromatic heterocycles. The summed E-state index contributed by atoms with van der Waals surface area (Å²) in [5.74, 6) is 1.81. The number of primary amides is 1. The minimum atomic E-state index is -0.231. The first kappa shape index (κ1) is 24.2. The molecule has 2 aliphatic rings. The van der Waals surface area contributed by atoms with E-state index in [2.05, 4.69) is 59.3 Å². The first-order valence-electron chi connectivity index (χ1n) is 12.9. The Morgan fingerprint density at radius 2 is 1.82 bits per heavy atom. The Kier molecular flexibility index (Phi) is 6.15. The summed E-state index contributed by atoms with van der Waals surface area (Å²) in [6.07, 6.45) is 0.998. The second-order valence-corrected chi connectivity index (χ2v) is 10.2. The zero-order valence-electron chi connectivity index (χ0n) is 21.8. The molecule has 2 aliphatic heterocycles. The molecule has 0 radical (unpaired) electrons. The Hall–Kier alpha value is -4.12. The van der Waals surface area contributed by atoms with Crippen molar-refractivity contribution in [2.24, 2.45) is 11.7 Å². The lowest BCUT2D eigenvalue weighted by Crippen LogP contribution is -2.51. The second-order valence-electron chi connectivity index (χ2n) is 10.2. The number of amides is 1. The summed E-state index contributed by atoms with van der Waals surface area (Å²) < 4.78 is 8.18. The van der Waals surface area contributed by atoms with Gasteiger partial charge in [-0.2, -0.15) is 19.7 Å². The number of hydrogen-bond acceptors (Lipinski definition) is 9. The number of nitrogens with two attached hydrogens (primary N) is 1. The quantitative estimate of drug-likeness (QED) is 0.395. The summed E-state index contributed by atoms with van der Waals surface area (Å²) >= 11 is 0. The van der Waals surface area contributed by atoms with Crippen LogP contribution < -0.4 is 15.4 Å². The van der Waals surface area contributed by atoms with Crippen molar-refractivity contribution >= 4 is 17.4 Å². The number of anilines is 1. The minimum Gasteiger partial charge on any atom is -0.485 e. The highest BCUT2D eigenvalue weighted by Crippen LogP contribution is 2.29. The van der Waals surface area contributed by atoms with Crippen LogP contribution >= 0.6 is 0 Å². The molecule has 1 amide bonds. The van der Waals surface area contributed by atoms with Crippen LogP contribution in [0.2, 0.25) is 0 Å². The smallest absolute Gasteiger partial charge is 0.253 e.